The van der Waals surface area contributed by atoms with Gasteiger partial charge in [0.1, 0.15) is 5.82 Å². The maximum atomic E-state index is 13.1. The van der Waals surface area contributed by atoms with Gasteiger partial charge in [0, 0.05) is 19.7 Å². The Balaban J connectivity index is 2.53. The van der Waals surface area contributed by atoms with Crippen LogP contribution in [0.4, 0.5) is 16.3 Å². The third-order valence-corrected chi connectivity index (χ3v) is 2.51. The van der Waals surface area contributed by atoms with Crippen molar-refractivity contribution in [1.82, 2.24) is 15.0 Å². The van der Waals surface area contributed by atoms with Gasteiger partial charge >= 0.3 is 0 Å². The average Bonchev–Trinajstić information content (AvgIpc) is 2.31. The van der Waals surface area contributed by atoms with Crippen molar-refractivity contribution in [2.45, 2.75) is 0 Å². The molecule has 0 aliphatic carbocycles. The molecule has 5 nitrogen and oxygen atoms in total. The van der Waals surface area contributed by atoms with Crippen molar-refractivity contribution in [2.75, 3.05) is 24.7 Å². The van der Waals surface area contributed by atoms with Crippen LogP contribution in [0.5, 0.6) is 0 Å². The second-order valence-corrected chi connectivity index (χ2v) is 4.25. The Labute approximate surface area is 108 Å². The first-order chi connectivity index (χ1) is 8.47. The highest BCUT2D eigenvalue weighted by atomic mass is 35.5. The lowest BCUT2D eigenvalue weighted by atomic mass is 10.2. The summed E-state index contributed by atoms with van der Waals surface area (Å²) in [5.41, 5.74) is 6.19. The smallest absolute Gasteiger partial charge is 0.230 e. The number of rotatable bonds is 2. The number of nitrogen functional groups attached to an aromatic ring is 1. The first kappa shape index (κ1) is 12.5. The van der Waals surface area contributed by atoms with Crippen LogP contribution in [0, 0.1) is 5.82 Å². The fourth-order valence-corrected chi connectivity index (χ4v) is 1.53. The number of nitrogens with two attached hydrogens (primary N) is 1. The van der Waals surface area contributed by atoms with Gasteiger partial charge in [0.2, 0.25) is 11.9 Å². The van der Waals surface area contributed by atoms with Crippen LogP contribution in [-0.4, -0.2) is 29.0 Å². The molecule has 7 heteroatoms. The van der Waals surface area contributed by atoms with Gasteiger partial charge in [-0.05, 0) is 18.2 Å². The van der Waals surface area contributed by atoms with E-state index in [1.54, 1.807) is 19.0 Å². The number of halogens is 2. The lowest BCUT2D eigenvalue weighted by molar-refractivity contribution is 0.628. The largest absolute Gasteiger partial charge is 0.368 e. The summed E-state index contributed by atoms with van der Waals surface area (Å²) in [5.74, 6) is 0.394. The molecule has 18 heavy (non-hydrogen) atoms. The zero-order valence-corrected chi connectivity index (χ0v) is 10.6. The number of hydrogen-bond acceptors (Lipinski definition) is 5. The van der Waals surface area contributed by atoms with E-state index in [1.165, 1.54) is 18.2 Å². The number of aromatic nitrogens is 3. The Hall–Kier alpha value is -1.95. The minimum Gasteiger partial charge on any atom is -0.368 e. The molecule has 0 aliphatic rings. The molecule has 1 heterocycles. The Morgan fingerprint density at radius 3 is 2.56 bits per heavy atom. The van der Waals surface area contributed by atoms with Gasteiger partial charge in [0.25, 0.3) is 0 Å². The van der Waals surface area contributed by atoms with E-state index in [0.717, 1.165) is 0 Å². The zero-order chi connectivity index (χ0) is 13.3. The molecule has 94 valence electrons. The molecule has 1 aromatic heterocycles. The van der Waals surface area contributed by atoms with Crippen LogP contribution in [-0.2, 0) is 0 Å². The van der Waals surface area contributed by atoms with Gasteiger partial charge in [-0.2, -0.15) is 15.0 Å². The first-order valence-corrected chi connectivity index (χ1v) is 5.49. The van der Waals surface area contributed by atoms with Crippen LogP contribution in [0.25, 0.3) is 11.4 Å². The summed E-state index contributed by atoms with van der Waals surface area (Å²) in [7, 11) is 3.58. The van der Waals surface area contributed by atoms with Gasteiger partial charge in [-0.1, -0.05) is 11.6 Å². The van der Waals surface area contributed by atoms with Crippen LogP contribution >= 0.6 is 11.6 Å². The third kappa shape index (κ3) is 2.48. The van der Waals surface area contributed by atoms with Gasteiger partial charge in [-0.25, -0.2) is 4.39 Å². The van der Waals surface area contributed by atoms with Crippen LogP contribution in [0.3, 0.4) is 0 Å². The summed E-state index contributed by atoms with van der Waals surface area (Å²) >= 11 is 5.72. The second-order valence-electron chi connectivity index (χ2n) is 3.84. The van der Waals surface area contributed by atoms with Crippen LogP contribution in [0.1, 0.15) is 0 Å². The number of benzene rings is 1. The van der Waals surface area contributed by atoms with Crippen molar-refractivity contribution in [3.8, 4) is 11.4 Å². The Morgan fingerprint density at radius 1 is 1.22 bits per heavy atom. The summed E-state index contributed by atoms with van der Waals surface area (Å²) < 4.78 is 13.1. The van der Waals surface area contributed by atoms with Gasteiger partial charge in [-0.3, -0.25) is 0 Å². The standard InChI is InChI=1S/C11H11ClFN5/c1-18(2)11-16-9(15-10(14)17-11)6-3-4-8(13)7(12)5-6/h3-5H,1-2H3,(H2,14,15,16,17). The highest BCUT2D eigenvalue weighted by Gasteiger charge is 2.10. The molecule has 0 amide bonds. The molecule has 2 aromatic rings. The zero-order valence-electron chi connectivity index (χ0n) is 9.85. The van der Waals surface area contributed by atoms with Crippen molar-refractivity contribution in [2.24, 2.45) is 0 Å². The first-order valence-electron chi connectivity index (χ1n) is 5.11. The summed E-state index contributed by atoms with van der Waals surface area (Å²) in [6.45, 7) is 0. The van der Waals surface area contributed by atoms with Crippen molar-refractivity contribution in [1.29, 1.82) is 0 Å². The lowest BCUT2D eigenvalue weighted by Gasteiger charge is -2.11. The Bertz CT molecular complexity index is 588. The molecule has 0 saturated heterocycles. The van der Waals surface area contributed by atoms with Crippen molar-refractivity contribution in [3.63, 3.8) is 0 Å². The predicted octanol–water partition coefficient (Wildman–Crippen LogP) is 1.98. The molecule has 0 unspecified atom stereocenters. The maximum Gasteiger partial charge on any atom is 0.230 e. The topological polar surface area (TPSA) is 67.9 Å². The van der Waals surface area contributed by atoms with E-state index in [4.69, 9.17) is 17.3 Å². The summed E-state index contributed by atoms with van der Waals surface area (Å²) in [6, 6.07) is 4.24. The minimum absolute atomic E-state index is 0.0119. The quantitative estimate of drug-likeness (QED) is 0.901. The van der Waals surface area contributed by atoms with Crippen LogP contribution in [0.2, 0.25) is 5.02 Å². The molecule has 0 radical (unpaired) electrons. The molecule has 0 bridgehead atoms. The molecule has 2 rings (SSSR count). The van der Waals surface area contributed by atoms with E-state index in [0.29, 0.717) is 17.3 Å². The number of anilines is 2. The predicted molar refractivity (Wildman–Crippen MR) is 69.0 cm³/mol. The minimum atomic E-state index is -0.490. The van der Waals surface area contributed by atoms with E-state index in [1.807, 2.05) is 0 Å². The molecular weight excluding hydrogens is 257 g/mol. The molecular formula is C11H11ClFN5. The normalized spacial score (nSPS) is 10.4. The van der Waals surface area contributed by atoms with E-state index in [2.05, 4.69) is 15.0 Å². The summed E-state index contributed by atoms with van der Waals surface area (Å²) in [4.78, 5) is 13.9. The van der Waals surface area contributed by atoms with E-state index < -0.39 is 5.82 Å². The van der Waals surface area contributed by atoms with Crippen LogP contribution < -0.4 is 10.6 Å². The monoisotopic (exact) mass is 267 g/mol. The van der Waals surface area contributed by atoms with Gasteiger partial charge in [-0.15, -0.1) is 0 Å². The molecule has 0 fully saturated rings. The highest BCUT2D eigenvalue weighted by molar-refractivity contribution is 6.31. The van der Waals surface area contributed by atoms with E-state index in [9.17, 15) is 4.39 Å². The van der Waals surface area contributed by atoms with Crippen molar-refractivity contribution < 1.29 is 4.39 Å². The molecule has 0 aliphatic heterocycles. The second kappa shape index (κ2) is 4.73. The number of nitrogens with zero attached hydrogens (tertiary/aromatic N) is 4. The lowest BCUT2D eigenvalue weighted by Crippen LogP contribution is -2.15. The van der Waals surface area contributed by atoms with Gasteiger partial charge < -0.3 is 10.6 Å². The summed E-state index contributed by atoms with van der Waals surface area (Å²) in [6.07, 6.45) is 0. The van der Waals surface area contributed by atoms with Gasteiger partial charge in [0.05, 0.1) is 5.02 Å². The average molecular weight is 268 g/mol. The van der Waals surface area contributed by atoms with Crippen molar-refractivity contribution >= 4 is 23.5 Å². The molecule has 0 atom stereocenters. The summed E-state index contributed by atoms with van der Waals surface area (Å²) in [5, 5.41) is 0.0119. The SMILES string of the molecule is CN(C)c1nc(N)nc(-c2ccc(F)c(Cl)c2)n1. The van der Waals surface area contributed by atoms with E-state index >= 15 is 0 Å². The molecule has 0 spiro atoms. The molecule has 0 saturated carbocycles. The van der Waals surface area contributed by atoms with Gasteiger partial charge in [0.15, 0.2) is 5.82 Å². The fraction of sp³-hybridized carbons (Fsp3) is 0.182. The maximum absolute atomic E-state index is 13.1. The fourth-order valence-electron chi connectivity index (χ4n) is 1.34. The Morgan fingerprint density at radius 2 is 1.94 bits per heavy atom. The van der Waals surface area contributed by atoms with Crippen molar-refractivity contribution in [3.05, 3.63) is 29.0 Å². The number of hydrogen-bond donors (Lipinski definition) is 1. The molecule has 1 aromatic carbocycles. The van der Waals surface area contributed by atoms with E-state index in [-0.39, 0.29) is 11.0 Å². The highest BCUT2D eigenvalue weighted by Crippen LogP contribution is 2.23. The third-order valence-electron chi connectivity index (χ3n) is 2.22. The Kier molecular flexibility index (Phi) is 3.29. The molecule has 2 N–H and O–H groups in total. The van der Waals surface area contributed by atoms with Crippen LogP contribution in [0.15, 0.2) is 18.2 Å².